The molecule has 11 heavy (non-hydrogen) atoms. The van der Waals surface area contributed by atoms with Crippen LogP contribution >= 0.6 is 27.5 Å². The fraction of sp³-hybridized carbons (Fsp3) is 0. The van der Waals surface area contributed by atoms with E-state index in [4.69, 9.17) is 11.6 Å². The van der Waals surface area contributed by atoms with Gasteiger partial charge in [0.15, 0.2) is 5.65 Å². The van der Waals surface area contributed by atoms with Crippen LogP contribution < -0.4 is 0 Å². The number of pyridine rings is 1. The Kier molecular flexibility index (Phi) is 1.54. The molecule has 2 rings (SSSR count). The molecule has 2 heterocycles. The summed E-state index contributed by atoms with van der Waals surface area (Å²) in [5, 5.41) is 11.4. The van der Waals surface area contributed by atoms with E-state index in [1.165, 1.54) is 4.52 Å². The Morgan fingerprint density at radius 1 is 1.55 bits per heavy atom. The summed E-state index contributed by atoms with van der Waals surface area (Å²) in [5.41, 5.74) is 0.565. The third-order valence-corrected chi connectivity index (χ3v) is 1.93. The zero-order valence-corrected chi connectivity index (χ0v) is 7.54. The van der Waals surface area contributed by atoms with Crippen molar-refractivity contribution in [2.75, 3.05) is 0 Å². The van der Waals surface area contributed by atoms with Crippen LogP contribution in [0.2, 0.25) is 5.02 Å². The maximum Gasteiger partial charge on any atom is 0.197 e. The number of nitrogens with zero attached hydrogens (tertiary/aromatic N) is 4. The average Bonchev–Trinajstić information content (AvgIpc) is 2.34. The summed E-state index contributed by atoms with van der Waals surface area (Å²) < 4.78 is 2.36. The van der Waals surface area contributed by atoms with Gasteiger partial charge >= 0.3 is 0 Å². The Balaban J connectivity index is 2.91. The van der Waals surface area contributed by atoms with Crippen LogP contribution in [0.25, 0.3) is 5.65 Å². The second-order valence-corrected chi connectivity index (χ2v) is 3.28. The molecule has 0 aromatic carbocycles. The van der Waals surface area contributed by atoms with Gasteiger partial charge in [-0.1, -0.05) is 11.6 Å². The molecule has 2 aromatic rings. The molecule has 6 heteroatoms. The third-order valence-electron chi connectivity index (χ3n) is 1.22. The van der Waals surface area contributed by atoms with Crippen LogP contribution in [-0.2, 0) is 0 Å². The molecule has 0 bridgehead atoms. The van der Waals surface area contributed by atoms with E-state index in [9.17, 15) is 0 Å². The molecule has 0 fully saturated rings. The van der Waals surface area contributed by atoms with Crippen molar-refractivity contribution in [2.24, 2.45) is 0 Å². The monoisotopic (exact) mass is 232 g/mol. The highest BCUT2D eigenvalue weighted by atomic mass is 79.9. The van der Waals surface area contributed by atoms with Crippen LogP contribution in [0.1, 0.15) is 0 Å². The predicted octanol–water partition coefficient (Wildman–Crippen LogP) is 1.54. The summed E-state index contributed by atoms with van der Waals surface area (Å²) >= 11 is 9.08. The van der Waals surface area contributed by atoms with Gasteiger partial charge < -0.3 is 0 Å². The summed E-state index contributed by atoms with van der Waals surface area (Å²) in [4.78, 5) is 0. The van der Waals surface area contributed by atoms with E-state index in [1.807, 2.05) is 0 Å². The van der Waals surface area contributed by atoms with E-state index in [0.29, 0.717) is 10.7 Å². The fourth-order valence-corrected chi connectivity index (χ4v) is 1.57. The lowest BCUT2D eigenvalue weighted by Crippen LogP contribution is -1.87. The van der Waals surface area contributed by atoms with Crippen LogP contribution in [0.5, 0.6) is 0 Å². The molecule has 0 aliphatic rings. The Morgan fingerprint density at radius 3 is 3.18 bits per heavy atom. The standard InChI is InChI=1S/C5H2BrClN4/c6-3-1-4(7)5-8-9-10-11(5)2-3/h1-2H. The fourth-order valence-electron chi connectivity index (χ4n) is 0.777. The van der Waals surface area contributed by atoms with Crippen molar-refractivity contribution in [1.29, 1.82) is 0 Å². The molecule has 0 N–H and O–H groups in total. The van der Waals surface area contributed by atoms with E-state index < -0.39 is 0 Å². The highest BCUT2D eigenvalue weighted by molar-refractivity contribution is 9.10. The number of aromatic nitrogens is 4. The first-order chi connectivity index (χ1) is 5.27. The molecule has 56 valence electrons. The van der Waals surface area contributed by atoms with Gasteiger partial charge in [-0.05, 0) is 32.4 Å². The number of rotatable bonds is 0. The molecule has 0 amide bonds. The Bertz CT molecular complexity index is 398. The van der Waals surface area contributed by atoms with E-state index in [2.05, 4.69) is 31.5 Å². The lowest BCUT2D eigenvalue weighted by molar-refractivity contribution is 0.821. The molecular formula is C5H2BrClN4. The van der Waals surface area contributed by atoms with Gasteiger partial charge in [0.1, 0.15) is 0 Å². The zero-order valence-electron chi connectivity index (χ0n) is 5.20. The Hall–Kier alpha value is -0.680. The van der Waals surface area contributed by atoms with E-state index in [1.54, 1.807) is 12.3 Å². The molecule has 0 saturated heterocycles. The minimum atomic E-state index is 0.532. The van der Waals surface area contributed by atoms with Gasteiger partial charge in [0.25, 0.3) is 0 Å². The topological polar surface area (TPSA) is 43.1 Å². The lowest BCUT2D eigenvalue weighted by Gasteiger charge is -1.92. The second-order valence-electron chi connectivity index (χ2n) is 1.95. The summed E-state index contributed by atoms with van der Waals surface area (Å²) in [6, 6.07) is 1.74. The number of halogens is 2. The summed E-state index contributed by atoms with van der Waals surface area (Å²) in [6.07, 6.45) is 1.74. The normalized spacial score (nSPS) is 10.7. The smallest absolute Gasteiger partial charge is 0.197 e. The van der Waals surface area contributed by atoms with Gasteiger partial charge in [-0.2, -0.15) is 4.52 Å². The number of fused-ring (bicyclic) bond motifs is 1. The van der Waals surface area contributed by atoms with E-state index in [0.717, 1.165) is 4.47 Å². The highest BCUT2D eigenvalue weighted by Crippen LogP contribution is 2.19. The molecular weight excluding hydrogens is 231 g/mol. The second kappa shape index (κ2) is 2.42. The molecule has 0 aliphatic carbocycles. The number of hydrogen-bond donors (Lipinski definition) is 0. The summed E-state index contributed by atoms with van der Waals surface area (Å²) in [7, 11) is 0. The molecule has 0 saturated carbocycles. The first-order valence-corrected chi connectivity index (χ1v) is 3.97. The number of hydrogen-bond acceptors (Lipinski definition) is 3. The van der Waals surface area contributed by atoms with Crippen molar-refractivity contribution in [2.45, 2.75) is 0 Å². The van der Waals surface area contributed by atoms with Crippen LogP contribution in [0.4, 0.5) is 0 Å². The Labute approximate surface area is 75.3 Å². The number of tetrazole rings is 1. The molecule has 0 aliphatic heterocycles. The van der Waals surface area contributed by atoms with Crippen molar-refractivity contribution in [3.8, 4) is 0 Å². The van der Waals surface area contributed by atoms with Crippen molar-refractivity contribution >= 4 is 33.2 Å². The maximum atomic E-state index is 5.81. The van der Waals surface area contributed by atoms with Gasteiger partial charge in [-0.25, -0.2) is 0 Å². The average molecular weight is 233 g/mol. The predicted molar refractivity (Wildman–Crippen MR) is 43.5 cm³/mol. The SMILES string of the molecule is Clc1cc(Br)cn2nnnc12. The van der Waals surface area contributed by atoms with Crippen molar-refractivity contribution in [1.82, 2.24) is 20.0 Å². The van der Waals surface area contributed by atoms with Gasteiger partial charge in [0.05, 0.1) is 5.02 Å². The minimum Gasteiger partial charge on any atom is -0.198 e. The first kappa shape index (κ1) is 7.00. The molecule has 4 nitrogen and oxygen atoms in total. The largest absolute Gasteiger partial charge is 0.198 e. The van der Waals surface area contributed by atoms with Gasteiger partial charge in [0, 0.05) is 10.7 Å². The molecule has 2 aromatic heterocycles. The van der Waals surface area contributed by atoms with Crippen LogP contribution in [0, 0.1) is 0 Å². The minimum absolute atomic E-state index is 0.532. The quantitative estimate of drug-likeness (QED) is 0.693. The molecule has 0 unspecified atom stereocenters. The van der Waals surface area contributed by atoms with Crippen molar-refractivity contribution in [3.63, 3.8) is 0 Å². The summed E-state index contributed by atoms with van der Waals surface area (Å²) in [6.45, 7) is 0. The van der Waals surface area contributed by atoms with Crippen LogP contribution in [-0.4, -0.2) is 20.0 Å². The Morgan fingerprint density at radius 2 is 2.36 bits per heavy atom. The molecule has 0 atom stereocenters. The first-order valence-electron chi connectivity index (χ1n) is 2.80. The molecule has 0 spiro atoms. The van der Waals surface area contributed by atoms with Gasteiger partial charge in [-0.3, -0.25) is 0 Å². The van der Waals surface area contributed by atoms with Gasteiger partial charge in [0.2, 0.25) is 0 Å². The lowest BCUT2D eigenvalue weighted by atomic mass is 10.5. The molecule has 0 radical (unpaired) electrons. The zero-order chi connectivity index (χ0) is 7.84. The highest BCUT2D eigenvalue weighted by Gasteiger charge is 2.02. The van der Waals surface area contributed by atoms with Crippen LogP contribution in [0.3, 0.4) is 0 Å². The van der Waals surface area contributed by atoms with E-state index >= 15 is 0 Å². The van der Waals surface area contributed by atoms with Crippen molar-refractivity contribution < 1.29 is 0 Å². The third kappa shape index (κ3) is 1.10. The maximum absolute atomic E-state index is 5.81. The summed E-state index contributed by atoms with van der Waals surface area (Å²) in [5.74, 6) is 0. The van der Waals surface area contributed by atoms with E-state index in [-0.39, 0.29) is 0 Å². The van der Waals surface area contributed by atoms with Gasteiger partial charge in [-0.15, -0.1) is 5.10 Å². The van der Waals surface area contributed by atoms with Crippen molar-refractivity contribution in [3.05, 3.63) is 21.8 Å². The van der Waals surface area contributed by atoms with Crippen LogP contribution in [0.15, 0.2) is 16.7 Å².